The topological polar surface area (TPSA) is 86.6 Å². The first kappa shape index (κ1) is 18.0. The Labute approximate surface area is 136 Å². The van der Waals surface area contributed by atoms with Crippen molar-refractivity contribution in [2.75, 3.05) is 12.3 Å². The van der Waals surface area contributed by atoms with Gasteiger partial charge in [-0.2, -0.15) is 0 Å². The number of thioether (sulfide) groups is 1. The lowest BCUT2D eigenvalue weighted by atomic mass is 10.1. The van der Waals surface area contributed by atoms with E-state index in [9.17, 15) is 14.7 Å². The van der Waals surface area contributed by atoms with E-state index >= 15 is 0 Å². The van der Waals surface area contributed by atoms with Gasteiger partial charge in [-0.05, 0) is 44.0 Å². The number of benzene rings is 1. The van der Waals surface area contributed by atoms with Crippen LogP contribution in [0.25, 0.3) is 0 Å². The van der Waals surface area contributed by atoms with Crippen molar-refractivity contribution in [2.24, 2.45) is 0 Å². The Morgan fingerprint density at radius 3 is 2.52 bits per heavy atom. The summed E-state index contributed by atoms with van der Waals surface area (Å²) in [6.45, 7) is 4.75. The maximum atomic E-state index is 11.7. The molecule has 5 nitrogen and oxygen atoms in total. The predicted octanol–water partition coefficient (Wildman–Crippen LogP) is 2.11. The number of halogens is 1. The van der Waals surface area contributed by atoms with Crippen LogP contribution in [0.2, 0.25) is 0 Å². The number of carboxylic acid groups (broad SMARTS) is 1. The van der Waals surface area contributed by atoms with Crippen LogP contribution in [0.3, 0.4) is 0 Å². The molecule has 3 N–H and O–H groups in total. The number of hydrogen-bond acceptors (Lipinski definition) is 4. The van der Waals surface area contributed by atoms with Gasteiger partial charge < -0.3 is 15.5 Å². The predicted molar refractivity (Wildman–Crippen MR) is 85.6 cm³/mol. The van der Waals surface area contributed by atoms with Gasteiger partial charge in [-0.15, -0.1) is 11.8 Å². The van der Waals surface area contributed by atoms with Crippen molar-refractivity contribution in [1.29, 1.82) is 0 Å². The molecule has 1 aromatic carbocycles. The van der Waals surface area contributed by atoms with Crippen molar-refractivity contribution in [1.82, 2.24) is 5.32 Å². The Balaban J connectivity index is 2.54. The largest absolute Gasteiger partial charge is 0.479 e. The number of aliphatic hydroxyl groups is 1. The molecule has 1 unspecified atom stereocenters. The van der Waals surface area contributed by atoms with Crippen LogP contribution in [0, 0.1) is 13.8 Å². The van der Waals surface area contributed by atoms with Gasteiger partial charge in [-0.1, -0.05) is 15.9 Å². The van der Waals surface area contributed by atoms with Crippen molar-refractivity contribution < 1.29 is 19.8 Å². The van der Waals surface area contributed by atoms with Crippen LogP contribution >= 0.6 is 27.7 Å². The molecule has 21 heavy (non-hydrogen) atoms. The average Bonchev–Trinajstić information content (AvgIpc) is 2.39. The molecule has 116 valence electrons. The number of aliphatic carboxylic acids is 1. The molecule has 0 fully saturated rings. The molecule has 7 heteroatoms. The lowest BCUT2D eigenvalue weighted by Crippen LogP contribution is -2.46. The second-order valence-corrected chi connectivity index (χ2v) is 6.88. The monoisotopic (exact) mass is 375 g/mol. The second kappa shape index (κ2) is 7.29. The summed E-state index contributed by atoms with van der Waals surface area (Å²) in [7, 11) is 0. The average molecular weight is 376 g/mol. The number of carbonyl (C=O) groups is 2. The molecule has 0 aliphatic carbocycles. The molecule has 0 saturated heterocycles. The summed E-state index contributed by atoms with van der Waals surface area (Å²) in [5.74, 6) is -1.52. The first-order valence-corrected chi connectivity index (χ1v) is 8.03. The zero-order valence-electron chi connectivity index (χ0n) is 12.1. The van der Waals surface area contributed by atoms with E-state index in [1.807, 2.05) is 26.0 Å². The third-order valence-corrected chi connectivity index (χ3v) is 4.92. The van der Waals surface area contributed by atoms with E-state index in [0.29, 0.717) is 0 Å². The molecular formula is C14H18BrNO4S. The van der Waals surface area contributed by atoms with E-state index in [1.54, 1.807) is 0 Å². The van der Waals surface area contributed by atoms with Gasteiger partial charge in [-0.3, -0.25) is 4.79 Å². The van der Waals surface area contributed by atoms with Crippen molar-refractivity contribution in [3.05, 3.63) is 27.7 Å². The van der Waals surface area contributed by atoms with Gasteiger partial charge in [0.05, 0.1) is 12.3 Å². The van der Waals surface area contributed by atoms with E-state index in [1.165, 1.54) is 11.8 Å². The van der Waals surface area contributed by atoms with Crippen LogP contribution in [0.5, 0.6) is 0 Å². The standard InChI is InChI=1S/C14H18BrNO4S/c1-8-5-11(9(2)4-10(8)15)21-6-12(17)16-7-14(3,20)13(18)19/h4-5,20H,6-7H2,1-3H3,(H,16,17)(H,18,19). The summed E-state index contributed by atoms with van der Waals surface area (Å²) < 4.78 is 1.02. The van der Waals surface area contributed by atoms with Gasteiger partial charge >= 0.3 is 5.97 Å². The number of rotatable bonds is 6. The molecule has 0 saturated carbocycles. The quantitative estimate of drug-likeness (QED) is 0.662. The van der Waals surface area contributed by atoms with Crippen molar-refractivity contribution >= 4 is 39.6 Å². The number of carboxylic acids is 1. The fourth-order valence-corrected chi connectivity index (χ4v) is 2.84. The maximum absolute atomic E-state index is 11.7. The van der Waals surface area contributed by atoms with Crippen LogP contribution in [-0.2, 0) is 9.59 Å². The highest BCUT2D eigenvalue weighted by atomic mass is 79.9. The van der Waals surface area contributed by atoms with Crippen LogP contribution in [0.15, 0.2) is 21.5 Å². The van der Waals surface area contributed by atoms with Gasteiger partial charge in [0.1, 0.15) is 0 Å². The minimum atomic E-state index is -1.95. The van der Waals surface area contributed by atoms with Gasteiger partial charge in [0.2, 0.25) is 5.91 Å². The first-order valence-electron chi connectivity index (χ1n) is 6.25. The zero-order chi connectivity index (χ0) is 16.2. The normalized spacial score (nSPS) is 13.6. The Bertz CT molecular complexity index is 560. The molecule has 0 aliphatic rings. The van der Waals surface area contributed by atoms with E-state index in [0.717, 1.165) is 27.4 Å². The van der Waals surface area contributed by atoms with Crippen molar-refractivity contribution in [3.63, 3.8) is 0 Å². The third-order valence-electron chi connectivity index (χ3n) is 2.91. The lowest BCUT2D eigenvalue weighted by Gasteiger charge is -2.18. The molecule has 1 amide bonds. The highest BCUT2D eigenvalue weighted by Gasteiger charge is 2.30. The number of hydrogen-bond donors (Lipinski definition) is 3. The fourth-order valence-electron chi connectivity index (χ4n) is 1.45. The number of aryl methyl sites for hydroxylation is 2. The van der Waals surface area contributed by atoms with Crippen molar-refractivity contribution in [2.45, 2.75) is 31.3 Å². The number of nitrogens with one attached hydrogen (secondary N) is 1. The van der Waals surface area contributed by atoms with Crippen molar-refractivity contribution in [3.8, 4) is 0 Å². The highest BCUT2D eigenvalue weighted by molar-refractivity contribution is 9.10. The van der Waals surface area contributed by atoms with Crippen LogP contribution in [0.4, 0.5) is 0 Å². The summed E-state index contributed by atoms with van der Waals surface area (Å²) in [4.78, 5) is 23.4. The first-order chi connectivity index (χ1) is 9.63. The maximum Gasteiger partial charge on any atom is 0.337 e. The molecule has 0 heterocycles. The summed E-state index contributed by atoms with van der Waals surface area (Å²) >= 11 is 4.82. The molecule has 0 aromatic heterocycles. The van der Waals surface area contributed by atoms with Crippen LogP contribution < -0.4 is 5.32 Å². The fraction of sp³-hybridized carbons (Fsp3) is 0.429. The third kappa shape index (κ3) is 5.33. The summed E-state index contributed by atoms with van der Waals surface area (Å²) in [6, 6.07) is 3.98. The molecule has 0 bridgehead atoms. The van der Waals surface area contributed by atoms with Crippen LogP contribution in [0.1, 0.15) is 18.1 Å². The van der Waals surface area contributed by atoms with Gasteiger partial charge in [0.25, 0.3) is 0 Å². The Morgan fingerprint density at radius 2 is 1.95 bits per heavy atom. The smallest absolute Gasteiger partial charge is 0.337 e. The molecule has 0 spiro atoms. The van der Waals surface area contributed by atoms with E-state index < -0.39 is 11.6 Å². The SMILES string of the molecule is Cc1cc(SCC(=O)NCC(C)(O)C(=O)O)c(C)cc1Br. The molecule has 0 aliphatic heterocycles. The molecule has 1 atom stereocenters. The summed E-state index contributed by atoms with van der Waals surface area (Å²) in [5.41, 5.74) is 0.185. The number of carbonyl (C=O) groups excluding carboxylic acids is 1. The van der Waals surface area contributed by atoms with Gasteiger partial charge in [0.15, 0.2) is 5.60 Å². The Morgan fingerprint density at radius 1 is 1.33 bits per heavy atom. The molecule has 1 aromatic rings. The minimum Gasteiger partial charge on any atom is -0.479 e. The molecule has 0 radical (unpaired) electrons. The van der Waals surface area contributed by atoms with E-state index in [2.05, 4.69) is 21.2 Å². The zero-order valence-corrected chi connectivity index (χ0v) is 14.5. The molecule has 1 rings (SSSR count). The van der Waals surface area contributed by atoms with E-state index in [4.69, 9.17) is 5.11 Å². The molecular weight excluding hydrogens is 358 g/mol. The van der Waals surface area contributed by atoms with Gasteiger partial charge in [-0.25, -0.2) is 4.79 Å². The van der Waals surface area contributed by atoms with Crippen LogP contribution in [-0.4, -0.2) is 40.0 Å². The minimum absolute atomic E-state index is 0.164. The lowest BCUT2D eigenvalue weighted by molar-refractivity contribution is -0.156. The summed E-state index contributed by atoms with van der Waals surface area (Å²) in [6.07, 6.45) is 0. The Kier molecular flexibility index (Phi) is 6.24. The van der Waals surface area contributed by atoms with Gasteiger partial charge in [0, 0.05) is 9.37 Å². The van der Waals surface area contributed by atoms with E-state index in [-0.39, 0.29) is 18.2 Å². The Hall–Kier alpha value is -1.05. The second-order valence-electron chi connectivity index (χ2n) is 5.01. The summed E-state index contributed by atoms with van der Waals surface area (Å²) in [5, 5.41) is 20.7. The number of amides is 1. The highest BCUT2D eigenvalue weighted by Crippen LogP contribution is 2.28.